The second kappa shape index (κ2) is 5.18. The molecule has 2 aromatic carbocycles. The molecule has 0 aliphatic carbocycles. The van der Waals surface area contributed by atoms with E-state index < -0.39 is 0 Å². The van der Waals surface area contributed by atoms with Gasteiger partial charge in [0.25, 0.3) is 0 Å². The van der Waals surface area contributed by atoms with Crippen LogP contribution in [0.25, 0.3) is 11.1 Å². The summed E-state index contributed by atoms with van der Waals surface area (Å²) in [4.78, 5) is 0. The van der Waals surface area contributed by atoms with Crippen LogP contribution in [0, 0.1) is 6.92 Å². The number of hydrogen-bond acceptors (Lipinski definition) is 0. The van der Waals surface area contributed by atoms with Crippen LogP contribution in [-0.4, -0.2) is 0 Å². The zero-order chi connectivity index (χ0) is 12.3. The van der Waals surface area contributed by atoms with Crippen molar-refractivity contribution in [3.63, 3.8) is 0 Å². The van der Waals surface area contributed by atoms with Crippen molar-refractivity contribution >= 4 is 0 Å². The highest BCUT2D eigenvalue weighted by atomic mass is 14.1. The molecule has 0 fully saturated rings. The molecule has 0 amide bonds. The van der Waals surface area contributed by atoms with Gasteiger partial charge in [-0.25, -0.2) is 0 Å². The number of rotatable bonds is 3. The highest BCUT2D eigenvalue weighted by Crippen LogP contribution is 2.26. The minimum atomic E-state index is 1.10. The molecule has 0 radical (unpaired) electrons. The van der Waals surface area contributed by atoms with Crippen LogP contribution in [0.4, 0.5) is 0 Å². The van der Waals surface area contributed by atoms with Crippen molar-refractivity contribution in [2.75, 3.05) is 0 Å². The number of aryl methyl sites for hydroxylation is 3. The van der Waals surface area contributed by atoms with E-state index in [0.717, 1.165) is 12.8 Å². The Hall–Kier alpha value is -1.56. The second-order valence-corrected chi connectivity index (χ2v) is 4.56. The van der Waals surface area contributed by atoms with E-state index in [-0.39, 0.29) is 0 Å². The molecule has 0 saturated heterocycles. The van der Waals surface area contributed by atoms with Crippen LogP contribution in [0.15, 0.2) is 42.5 Å². The quantitative estimate of drug-likeness (QED) is 0.703. The van der Waals surface area contributed by atoms with Gasteiger partial charge in [-0.2, -0.15) is 0 Å². The standard InChI is InChI=1S/C17H20/c1-4-14-10-15(5-2)12-16(11-14)17-9-7-6-8-13(17)3/h6-12H,4-5H2,1-3H3. The van der Waals surface area contributed by atoms with Gasteiger partial charge in [-0.05, 0) is 47.6 Å². The Morgan fingerprint density at radius 2 is 1.41 bits per heavy atom. The predicted molar refractivity (Wildman–Crippen MR) is 75.4 cm³/mol. The van der Waals surface area contributed by atoms with Crippen LogP contribution in [-0.2, 0) is 12.8 Å². The van der Waals surface area contributed by atoms with E-state index in [1.165, 1.54) is 27.8 Å². The van der Waals surface area contributed by atoms with E-state index in [9.17, 15) is 0 Å². The molecule has 0 bridgehead atoms. The van der Waals surface area contributed by atoms with E-state index in [2.05, 4.69) is 63.2 Å². The van der Waals surface area contributed by atoms with Gasteiger partial charge in [0.1, 0.15) is 0 Å². The maximum absolute atomic E-state index is 2.32. The molecule has 0 aliphatic rings. The van der Waals surface area contributed by atoms with Gasteiger partial charge in [0, 0.05) is 0 Å². The van der Waals surface area contributed by atoms with Crippen LogP contribution >= 0.6 is 0 Å². The monoisotopic (exact) mass is 224 g/mol. The fraction of sp³-hybridized carbons (Fsp3) is 0.294. The van der Waals surface area contributed by atoms with Gasteiger partial charge in [0.2, 0.25) is 0 Å². The smallest absolute Gasteiger partial charge is 0.0155 e. The Kier molecular flexibility index (Phi) is 3.63. The fourth-order valence-corrected chi connectivity index (χ4v) is 2.22. The molecule has 88 valence electrons. The highest BCUT2D eigenvalue weighted by Gasteiger charge is 2.04. The molecule has 2 rings (SSSR count). The third-order valence-electron chi connectivity index (χ3n) is 3.33. The predicted octanol–water partition coefficient (Wildman–Crippen LogP) is 4.79. The largest absolute Gasteiger partial charge is 0.0620 e. The number of benzene rings is 2. The molecule has 0 heterocycles. The van der Waals surface area contributed by atoms with Gasteiger partial charge in [-0.15, -0.1) is 0 Å². The topological polar surface area (TPSA) is 0 Å². The molecular formula is C17H20. The minimum absolute atomic E-state index is 1.10. The third-order valence-corrected chi connectivity index (χ3v) is 3.33. The van der Waals surface area contributed by atoms with E-state index in [1.54, 1.807) is 0 Å². The van der Waals surface area contributed by atoms with Gasteiger partial charge in [-0.3, -0.25) is 0 Å². The minimum Gasteiger partial charge on any atom is -0.0620 e. The van der Waals surface area contributed by atoms with E-state index in [0.29, 0.717) is 0 Å². The maximum Gasteiger partial charge on any atom is -0.0155 e. The van der Waals surface area contributed by atoms with Crippen molar-refractivity contribution in [1.29, 1.82) is 0 Å². The van der Waals surface area contributed by atoms with Gasteiger partial charge in [0.15, 0.2) is 0 Å². The summed E-state index contributed by atoms with van der Waals surface area (Å²) in [5.41, 5.74) is 6.94. The summed E-state index contributed by atoms with van der Waals surface area (Å²) >= 11 is 0. The SMILES string of the molecule is CCc1cc(CC)cc(-c2ccccc2C)c1. The van der Waals surface area contributed by atoms with Gasteiger partial charge >= 0.3 is 0 Å². The van der Waals surface area contributed by atoms with Gasteiger partial charge in [-0.1, -0.05) is 56.3 Å². The van der Waals surface area contributed by atoms with Crippen LogP contribution in [0.5, 0.6) is 0 Å². The molecule has 0 N–H and O–H groups in total. The Morgan fingerprint density at radius 3 is 1.94 bits per heavy atom. The van der Waals surface area contributed by atoms with Crippen molar-refractivity contribution in [3.05, 3.63) is 59.2 Å². The summed E-state index contributed by atoms with van der Waals surface area (Å²) in [5, 5.41) is 0. The highest BCUT2D eigenvalue weighted by molar-refractivity contribution is 5.68. The first-order chi connectivity index (χ1) is 8.24. The summed E-state index contributed by atoms with van der Waals surface area (Å²) in [6.07, 6.45) is 2.21. The Morgan fingerprint density at radius 1 is 0.824 bits per heavy atom. The molecule has 2 aromatic rings. The Balaban J connectivity index is 2.55. The first-order valence-electron chi connectivity index (χ1n) is 6.43. The molecule has 0 saturated carbocycles. The normalized spacial score (nSPS) is 10.5. The average Bonchev–Trinajstić information content (AvgIpc) is 2.38. The third kappa shape index (κ3) is 2.58. The zero-order valence-electron chi connectivity index (χ0n) is 11.0. The molecule has 0 spiro atoms. The van der Waals surface area contributed by atoms with E-state index >= 15 is 0 Å². The maximum atomic E-state index is 2.32. The molecule has 0 aromatic heterocycles. The van der Waals surface area contributed by atoms with Crippen molar-refractivity contribution in [2.24, 2.45) is 0 Å². The summed E-state index contributed by atoms with van der Waals surface area (Å²) in [5.74, 6) is 0. The molecule has 0 heteroatoms. The molecule has 0 atom stereocenters. The first-order valence-corrected chi connectivity index (χ1v) is 6.43. The van der Waals surface area contributed by atoms with Crippen molar-refractivity contribution in [1.82, 2.24) is 0 Å². The van der Waals surface area contributed by atoms with E-state index in [4.69, 9.17) is 0 Å². The molecule has 17 heavy (non-hydrogen) atoms. The first kappa shape index (κ1) is 11.9. The summed E-state index contributed by atoms with van der Waals surface area (Å²) < 4.78 is 0. The summed E-state index contributed by atoms with van der Waals surface area (Å²) in [6.45, 7) is 6.62. The Bertz CT molecular complexity index is 487. The Labute approximate surface area is 104 Å². The lowest BCUT2D eigenvalue weighted by Crippen LogP contribution is -1.90. The van der Waals surface area contributed by atoms with Crippen LogP contribution in [0.1, 0.15) is 30.5 Å². The summed E-state index contributed by atoms with van der Waals surface area (Å²) in [6, 6.07) is 15.6. The van der Waals surface area contributed by atoms with Crippen LogP contribution in [0.2, 0.25) is 0 Å². The van der Waals surface area contributed by atoms with Crippen molar-refractivity contribution in [3.8, 4) is 11.1 Å². The van der Waals surface area contributed by atoms with Crippen LogP contribution < -0.4 is 0 Å². The van der Waals surface area contributed by atoms with Crippen LogP contribution in [0.3, 0.4) is 0 Å². The lowest BCUT2D eigenvalue weighted by Gasteiger charge is -2.10. The lowest BCUT2D eigenvalue weighted by molar-refractivity contribution is 1.09. The molecule has 0 unspecified atom stereocenters. The van der Waals surface area contributed by atoms with E-state index in [1.807, 2.05) is 0 Å². The molecule has 0 aliphatic heterocycles. The van der Waals surface area contributed by atoms with Gasteiger partial charge in [0.05, 0.1) is 0 Å². The number of hydrogen-bond donors (Lipinski definition) is 0. The molecular weight excluding hydrogens is 204 g/mol. The second-order valence-electron chi connectivity index (χ2n) is 4.56. The van der Waals surface area contributed by atoms with Gasteiger partial charge < -0.3 is 0 Å². The zero-order valence-corrected chi connectivity index (χ0v) is 11.0. The fourth-order valence-electron chi connectivity index (χ4n) is 2.22. The average molecular weight is 224 g/mol. The van der Waals surface area contributed by atoms with Crippen molar-refractivity contribution < 1.29 is 0 Å². The summed E-state index contributed by atoms with van der Waals surface area (Å²) in [7, 11) is 0. The molecule has 0 nitrogen and oxygen atoms in total. The van der Waals surface area contributed by atoms with Crippen molar-refractivity contribution in [2.45, 2.75) is 33.6 Å². The lowest BCUT2D eigenvalue weighted by atomic mass is 9.95.